The summed E-state index contributed by atoms with van der Waals surface area (Å²) in [5.41, 5.74) is -0.0402. The lowest BCUT2D eigenvalue weighted by Crippen LogP contribution is -2.50. The van der Waals surface area contributed by atoms with Crippen molar-refractivity contribution in [2.75, 3.05) is 26.2 Å². The molecule has 1 atom stereocenters. The van der Waals surface area contributed by atoms with Crippen LogP contribution in [-0.4, -0.2) is 48.0 Å². The van der Waals surface area contributed by atoms with Crippen molar-refractivity contribution >= 4 is 0 Å². The summed E-state index contributed by atoms with van der Waals surface area (Å²) in [4.78, 5) is 2.33. The molecule has 1 saturated heterocycles. The van der Waals surface area contributed by atoms with E-state index in [4.69, 9.17) is 4.74 Å². The minimum Gasteiger partial charge on any atom is -0.392 e. The summed E-state index contributed by atoms with van der Waals surface area (Å²) in [5, 5.41) is 9.83. The van der Waals surface area contributed by atoms with Crippen molar-refractivity contribution in [3.05, 3.63) is 0 Å². The highest BCUT2D eigenvalue weighted by atomic mass is 16.5. The largest absolute Gasteiger partial charge is 0.392 e. The minimum atomic E-state index is -0.108. The number of ether oxygens (including phenoxy) is 1. The van der Waals surface area contributed by atoms with E-state index < -0.39 is 0 Å². The highest BCUT2D eigenvalue weighted by Gasteiger charge is 2.33. The van der Waals surface area contributed by atoms with Gasteiger partial charge >= 0.3 is 0 Å². The Balaban J connectivity index is 1.79. The molecule has 0 aromatic carbocycles. The van der Waals surface area contributed by atoms with Gasteiger partial charge in [0.1, 0.15) is 0 Å². The molecule has 14 heavy (non-hydrogen) atoms. The molecule has 82 valence electrons. The third-order valence-corrected chi connectivity index (χ3v) is 3.12. The van der Waals surface area contributed by atoms with E-state index in [2.05, 4.69) is 18.7 Å². The Morgan fingerprint density at radius 1 is 1.50 bits per heavy atom. The molecule has 1 saturated carbocycles. The molecule has 0 aromatic heterocycles. The summed E-state index contributed by atoms with van der Waals surface area (Å²) in [6, 6.07) is 0. The maximum absolute atomic E-state index is 9.83. The van der Waals surface area contributed by atoms with E-state index in [1.165, 1.54) is 12.8 Å². The summed E-state index contributed by atoms with van der Waals surface area (Å²) < 4.78 is 5.63. The first-order valence-electron chi connectivity index (χ1n) is 5.61. The first kappa shape index (κ1) is 10.4. The van der Waals surface area contributed by atoms with Crippen molar-refractivity contribution in [2.45, 2.75) is 38.4 Å². The zero-order chi connectivity index (χ0) is 10.2. The molecule has 1 aliphatic heterocycles. The molecule has 2 fully saturated rings. The van der Waals surface area contributed by atoms with Crippen LogP contribution >= 0.6 is 0 Å². The average Bonchev–Trinajstić information content (AvgIpc) is 2.83. The van der Waals surface area contributed by atoms with Crippen LogP contribution in [0.4, 0.5) is 0 Å². The Morgan fingerprint density at radius 3 is 2.79 bits per heavy atom. The molecule has 0 aromatic rings. The van der Waals surface area contributed by atoms with Gasteiger partial charge in [-0.3, -0.25) is 4.90 Å². The molecule has 1 aliphatic carbocycles. The Hall–Kier alpha value is -0.120. The van der Waals surface area contributed by atoms with Crippen LogP contribution in [0.5, 0.6) is 0 Å². The van der Waals surface area contributed by atoms with Gasteiger partial charge < -0.3 is 9.84 Å². The summed E-state index contributed by atoms with van der Waals surface area (Å²) >= 11 is 0. The second kappa shape index (κ2) is 3.80. The van der Waals surface area contributed by atoms with Gasteiger partial charge in [-0.1, -0.05) is 0 Å². The lowest BCUT2D eigenvalue weighted by Gasteiger charge is -2.38. The number of morpholine rings is 1. The number of nitrogens with zero attached hydrogens (tertiary/aromatic N) is 1. The number of rotatable bonds is 3. The molecule has 2 aliphatic rings. The standard InChI is InChI=1S/C11H21NO2/c1-11(2)8-12(5-6-14-11)7-10(13)9-3-4-9/h9-10,13H,3-8H2,1-2H3. The maximum Gasteiger partial charge on any atom is 0.0753 e. The van der Waals surface area contributed by atoms with Crippen LogP contribution in [0.25, 0.3) is 0 Å². The van der Waals surface area contributed by atoms with E-state index >= 15 is 0 Å². The van der Waals surface area contributed by atoms with E-state index in [9.17, 15) is 5.11 Å². The third-order valence-electron chi connectivity index (χ3n) is 3.12. The van der Waals surface area contributed by atoms with E-state index in [1.807, 2.05) is 0 Å². The van der Waals surface area contributed by atoms with E-state index in [0.717, 1.165) is 26.2 Å². The van der Waals surface area contributed by atoms with Crippen LogP contribution in [-0.2, 0) is 4.74 Å². The number of β-amino-alcohol motifs (C(OH)–C–C–N with tert-alkyl or cyclic N) is 1. The lowest BCUT2D eigenvalue weighted by atomic mass is 10.1. The molecule has 0 radical (unpaired) electrons. The molecular weight excluding hydrogens is 178 g/mol. The number of aliphatic hydroxyl groups excluding tert-OH is 1. The Bertz CT molecular complexity index is 201. The number of hydrogen-bond acceptors (Lipinski definition) is 3. The van der Waals surface area contributed by atoms with Gasteiger partial charge in [0.15, 0.2) is 0 Å². The highest BCUT2D eigenvalue weighted by Crippen LogP contribution is 2.33. The van der Waals surface area contributed by atoms with Crippen LogP contribution in [0.15, 0.2) is 0 Å². The molecule has 0 amide bonds. The second-order valence-corrected chi connectivity index (χ2v) is 5.25. The molecule has 3 heteroatoms. The van der Waals surface area contributed by atoms with E-state index in [1.54, 1.807) is 0 Å². The van der Waals surface area contributed by atoms with Crippen molar-refractivity contribution in [3.8, 4) is 0 Å². The van der Waals surface area contributed by atoms with Crippen molar-refractivity contribution in [1.82, 2.24) is 4.90 Å². The summed E-state index contributed by atoms with van der Waals surface area (Å²) in [6.07, 6.45) is 2.33. The molecule has 1 N–H and O–H groups in total. The molecule has 1 heterocycles. The van der Waals surface area contributed by atoms with E-state index in [-0.39, 0.29) is 11.7 Å². The third kappa shape index (κ3) is 2.69. The monoisotopic (exact) mass is 199 g/mol. The topological polar surface area (TPSA) is 32.7 Å². The summed E-state index contributed by atoms with van der Waals surface area (Å²) in [5.74, 6) is 0.584. The molecule has 0 spiro atoms. The average molecular weight is 199 g/mol. The zero-order valence-corrected chi connectivity index (χ0v) is 9.20. The van der Waals surface area contributed by atoms with Gasteiger partial charge in [0.05, 0.1) is 18.3 Å². The van der Waals surface area contributed by atoms with Crippen LogP contribution in [0.2, 0.25) is 0 Å². The van der Waals surface area contributed by atoms with Gasteiger partial charge in [0, 0.05) is 19.6 Å². The summed E-state index contributed by atoms with van der Waals surface area (Å²) in [6.45, 7) is 7.76. The normalized spacial score (nSPS) is 30.2. The van der Waals surface area contributed by atoms with Crippen LogP contribution in [0.3, 0.4) is 0 Å². The Labute approximate surface area is 86.0 Å². The lowest BCUT2D eigenvalue weighted by molar-refractivity contribution is -0.0940. The Morgan fingerprint density at radius 2 is 2.21 bits per heavy atom. The van der Waals surface area contributed by atoms with Crippen molar-refractivity contribution in [2.24, 2.45) is 5.92 Å². The molecule has 3 nitrogen and oxygen atoms in total. The number of hydrogen-bond donors (Lipinski definition) is 1. The van der Waals surface area contributed by atoms with Crippen LogP contribution in [0.1, 0.15) is 26.7 Å². The predicted molar refractivity (Wildman–Crippen MR) is 55.2 cm³/mol. The molecule has 1 unspecified atom stereocenters. The second-order valence-electron chi connectivity index (χ2n) is 5.25. The fourth-order valence-electron chi connectivity index (χ4n) is 2.16. The maximum atomic E-state index is 9.83. The quantitative estimate of drug-likeness (QED) is 0.732. The van der Waals surface area contributed by atoms with Crippen molar-refractivity contribution in [1.29, 1.82) is 0 Å². The SMILES string of the molecule is CC1(C)CN(CC(O)C2CC2)CCO1. The molecular formula is C11H21NO2. The van der Waals surface area contributed by atoms with Gasteiger partial charge in [0.25, 0.3) is 0 Å². The highest BCUT2D eigenvalue weighted by molar-refractivity contribution is 4.86. The fourth-order valence-corrected chi connectivity index (χ4v) is 2.16. The molecule has 0 bridgehead atoms. The minimum absolute atomic E-state index is 0.0402. The fraction of sp³-hybridized carbons (Fsp3) is 1.00. The summed E-state index contributed by atoms with van der Waals surface area (Å²) in [7, 11) is 0. The zero-order valence-electron chi connectivity index (χ0n) is 9.20. The smallest absolute Gasteiger partial charge is 0.0753 e. The van der Waals surface area contributed by atoms with Gasteiger partial charge in [-0.25, -0.2) is 0 Å². The van der Waals surface area contributed by atoms with Gasteiger partial charge in [-0.05, 0) is 32.6 Å². The van der Waals surface area contributed by atoms with E-state index in [0.29, 0.717) is 5.92 Å². The molecule has 2 rings (SSSR count). The van der Waals surface area contributed by atoms with Gasteiger partial charge in [0.2, 0.25) is 0 Å². The van der Waals surface area contributed by atoms with Crippen molar-refractivity contribution < 1.29 is 9.84 Å². The van der Waals surface area contributed by atoms with Crippen molar-refractivity contribution in [3.63, 3.8) is 0 Å². The number of aliphatic hydroxyl groups is 1. The van der Waals surface area contributed by atoms with Crippen LogP contribution < -0.4 is 0 Å². The van der Waals surface area contributed by atoms with Gasteiger partial charge in [-0.15, -0.1) is 0 Å². The van der Waals surface area contributed by atoms with Crippen LogP contribution in [0, 0.1) is 5.92 Å². The first-order chi connectivity index (χ1) is 6.57. The Kier molecular flexibility index (Phi) is 2.82. The first-order valence-corrected chi connectivity index (χ1v) is 5.61. The van der Waals surface area contributed by atoms with Gasteiger partial charge in [-0.2, -0.15) is 0 Å². The predicted octanol–water partition coefficient (Wildman–Crippen LogP) is 0.868.